The number of nitrogens with zero attached hydrogens (tertiary/aromatic N) is 2. The molecule has 0 aliphatic carbocycles. The fourth-order valence-electron chi connectivity index (χ4n) is 8.70. The third-order valence-corrected chi connectivity index (χ3v) is 10.9. The van der Waals surface area contributed by atoms with Crippen LogP contribution in [0, 0.1) is 0 Å². The lowest BCUT2D eigenvalue weighted by Gasteiger charge is -2.10. The Hall–Kier alpha value is -7.04. The van der Waals surface area contributed by atoms with Crippen molar-refractivity contribution >= 4 is 87.5 Å². The first-order valence-corrected chi connectivity index (χ1v) is 17.7. The number of hydrogen-bond acceptors (Lipinski definition) is 2. The lowest BCUT2D eigenvalue weighted by Crippen LogP contribution is -1.94. The second kappa shape index (κ2) is 10.3. The van der Waals surface area contributed by atoms with Gasteiger partial charge in [-0.25, -0.2) is 0 Å². The van der Waals surface area contributed by atoms with Gasteiger partial charge in [-0.05, 0) is 77.9 Å². The zero-order valence-electron chi connectivity index (χ0n) is 27.9. The third-order valence-electron chi connectivity index (χ3n) is 10.9. The number of rotatable bonds is 3. The Balaban J connectivity index is 1.10. The van der Waals surface area contributed by atoms with Crippen LogP contribution in [-0.2, 0) is 0 Å². The molecule has 4 aromatic heterocycles. The third kappa shape index (κ3) is 3.70. The van der Waals surface area contributed by atoms with Gasteiger partial charge in [0.05, 0.1) is 27.8 Å². The van der Waals surface area contributed by atoms with E-state index in [4.69, 9.17) is 8.83 Å². The summed E-state index contributed by atoms with van der Waals surface area (Å²) in [6.07, 6.45) is 0. The van der Waals surface area contributed by atoms with E-state index in [1.807, 2.05) is 24.3 Å². The summed E-state index contributed by atoms with van der Waals surface area (Å²) >= 11 is 0. The van der Waals surface area contributed by atoms with Crippen LogP contribution in [0.25, 0.3) is 110 Å². The Morgan fingerprint density at radius 3 is 1.81 bits per heavy atom. The monoisotopic (exact) mass is 664 g/mol. The first kappa shape index (κ1) is 27.7. The van der Waals surface area contributed by atoms with Crippen LogP contribution < -0.4 is 0 Å². The standard InChI is InChI=1S/C48H28N2O2/c1-5-17-39-32(11-1)37-27-29(23-25-41(37)50(39)43-20-10-16-35-33-12-3-8-22-45(33)52-48(35)43)31-15-9-19-42-47(31)36-14-2-6-18-40(36)49(42)30-24-26-46-38(28-30)34-13-4-7-21-44(34)51-46/h1-28H. The Morgan fingerprint density at radius 2 is 0.962 bits per heavy atom. The molecule has 0 saturated heterocycles. The van der Waals surface area contributed by atoms with Gasteiger partial charge in [0.25, 0.3) is 0 Å². The van der Waals surface area contributed by atoms with E-state index in [1.54, 1.807) is 0 Å². The van der Waals surface area contributed by atoms with Crippen molar-refractivity contribution in [3.63, 3.8) is 0 Å². The zero-order valence-corrected chi connectivity index (χ0v) is 27.9. The molecule has 12 rings (SSSR count). The zero-order chi connectivity index (χ0) is 33.9. The van der Waals surface area contributed by atoms with E-state index in [0.717, 1.165) is 66.3 Å². The molecule has 0 bridgehead atoms. The van der Waals surface area contributed by atoms with Gasteiger partial charge in [-0.3, -0.25) is 0 Å². The van der Waals surface area contributed by atoms with Gasteiger partial charge >= 0.3 is 0 Å². The minimum atomic E-state index is 0.898. The summed E-state index contributed by atoms with van der Waals surface area (Å²) in [5.74, 6) is 0. The van der Waals surface area contributed by atoms with Crippen LogP contribution in [-0.4, -0.2) is 9.13 Å². The van der Waals surface area contributed by atoms with Gasteiger partial charge in [-0.2, -0.15) is 0 Å². The van der Waals surface area contributed by atoms with Crippen molar-refractivity contribution in [3.05, 3.63) is 170 Å². The fourth-order valence-corrected chi connectivity index (χ4v) is 8.70. The molecule has 0 aliphatic heterocycles. The Kier molecular flexibility index (Phi) is 5.47. The summed E-state index contributed by atoms with van der Waals surface area (Å²) in [5.41, 5.74) is 12.8. The molecule has 0 unspecified atom stereocenters. The molecule has 0 saturated carbocycles. The second-order valence-electron chi connectivity index (χ2n) is 13.7. The molecule has 0 aliphatic rings. The Bertz CT molecular complexity index is 3420. The topological polar surface area (TPSA) is 36.1 Å². The number of aromatic nitrogens is 2. The summed E-state index contributed by atoms with van der Waals surface area (Å²) in [4.78, 5) is 0. The van der Waals surface area contributed by atoms with E-state index < -0.39 is 0 Å². The van der Waals surface area contributed by atoms with Crippen molar-refractivity contribution in [3.8, 4) is 22.5 Å². The summed E-state index contributed by atoms with van der Waals surface area (Å²) in [6, 6.07) is 60.7. The summed E-state index contributed by atoms with van der Waals surface area (Å²) in [6.45, 7) is 0. The Morgan fingerprint density at radius 1 is 0.346 bits per heavy atom. The molecule has 4 heterocycles. The lowest BCUT2D eigenvalue weighted by molar-refractivity contribution is 0.666. The lowest BCUT2D eigenvalue weighted by atomic mass is 9.98. The predicted octanol–water partition coefficient (Wildman–Crippen LogP) is 13.3. The van der Waals surface area contributed by atoms with E-state index in [1.165, 1.54) is 43.7 Å². The van der Waals surface area contributed by atoms with Crippen LogP contribution >= 0.6 is 0 Å². The van der Waals surface area contributed by atoms with Crippen LogP contribution in [0.2, 0.25) is 0 Å². The van der Waals surface area contributed by atoms with Gasteiger partial charge in [0.2, 0.25) is 0 Å². The van der Waals surface area contributed by atoms with Crippen molar-refractivity contribution in [2.24, 2.45) is 0 Å². The number of para-hydroxylation sites is 5. The van der Waals surface area contributed by atoms with Gasteiger partial charge in [0.1, 0.15) is 16.7 Å². The molecule has 0 radical (unpaired) electrons. The first-order valence-electron chi connectivity index (χ1n) is 17.7. The molecule has 0 spiro atoms. The molecule has 8 aromatic carbocycles. The molecule has 0 amide bonds. The van der Waals surface area contributed by atoms with E-state index in [9.17, 15) is 0 Å². The van der Waals surface area contributed by atoms with Crippen molar-refractivity contribution in [1.82, 2.24) is 9.13 Å². The average Bonchev–Trinajstić information content (AvgIpc) is 3.95. The minimum Gasteiger partial charge on any atom is -0.456 e. The van der Waals surface area contributed by atoms with Gasteiger partial charge in [-0.1, -0.05) is 103 Å². The highest BCUT2D eigenvalue weighted by Crippen LogP contribution is 2.43. The largest absolute Gasteiger partial charge is 0.456 e. The maximum Gasteiger partial charge on any atom is 0.159 e. The molecule has 12 aromatic rings. The van der Waals surface area contributed by atoms with Crippen LogP contribution in [0.15, 0.2) is 179 Å². The number of fused-ring (bicyclic) bond motifs is 12. The SMILES string of the molecule is c1ccc2c(c1)oc1ccc(-n3c4ccccc4c4c(-c5ccc6c(c5)c5ccccc5n6-c5cccc6c5oc5ccccc56)cccc43)cc12. The van der Waals surface area contributed by atoms with Crippen LogP contribution in [0.4, 0.5) is 0 Å². The van der Waals surface area contributed by atoms with E-state index in [0.29, 0.717) is 0 Å². The quantitative estimate of drug-likeness (QED) is 0.188. The highest BCUT2D eigenvalue weighted by molar-refractivity contribution is 6.18. The van der Waals surface area contributed by atoms with Crippen molar-refractivity contribution < 1.29 is 8.83 Å². The molecular formula is C48H28N2O2. The molecule has 52 heavy (non-hydrogen) atoms. The molecule has 0 fully saturated rings. The molecule has 4 heteroatoms. The maximum atomic E-state index is 6.54. The summed E-state index contributed by atoms with van der Waals surface area (Å²) in [7, 11) is 0. The van der Waals surface area contributed by atoms with Gasteiger partial charge in [-0.15, -0.1) is 0 Å². The smallest absolute Gasteiger partial charge is 0.159 e. The van der Waals surface area contributed by atoms with E-state index >= 15 is 0 Å². The Labute approximate surface area is 296 Å². The summed E-state index contributed by atoms with van der Waals surface area (Å²) < 4.78 is 17.5. The minimum absolute atomic E-state index is 0.898. The van der Waals surface area contributed by atoms with Gasteiger partial charge < -0.3 is 18.0 Å². The molecule has 242 valence electrons. The van der Waals surface area contributed by atoms with Crippen molar-refractivity contribution in [2.45, 2.75) is 0 Å². The molecule has 0 atom stereocenters. The fraction of sp³-hybridized carbons (Fsp3) is 0. The molecule has 0 N–H and O–H groups in total. The number of hydrogen-bond donors (Lipinski definition) is 0. The second-order valence-corrected chi connectivity index (χ2v) is 13.7. The number of benzene rings is 8. The molecule has 4 nitrogen and oxygen atoms in total. The number of furan rings is 2. The van der Waals surface area contributed by atoms with Gasteiger partial charge in [0.15, 0.2) is 5.58 Å². The van der Waals surface area contributed by atoms with Crippen LogP contribution in [0.3, 0.4) is 0 Å². The van der Waals surface area contributed by atoms with E-state index in [-0.39, 0.29) is 0 Å². The van der Waals surface area contributed by atoms with Crippen LogP contribution in [0.1, 0.15) is 0 Å². The van der Waals surface area contributed by atoms with Gasteiger partial charge in [0, 0.05) is 48.8 Å². The maximum absolute atomic E-state index is 6.54. The first-order chi connectivity index (χ1) is 25.8. The van der Waals surface area contributed by atoms with E-state index in [2.05, 4.69) is 155 Å². The average molecular weight is 665 g/mol. The molecular weight excluding hydrogens is 637 g/mol. The summed E-state index contributed by atoms with van der Waals surface area (Å²) in [5, 5.41) is 9.39. The predicted molar refractivity (Wildman–Crippen MR) is 215 cm³/mol. The normalized spacial score (nSPS) is 12.2. The highest BCUT2D eigenvalue weighted by atomic mass is 16.3. The van der Waals surface area contributed by atoms with Crippen molar-refractivity contribution in [1.29, 1.82) is 0 Å². The van der Waals surface area contributed by atoms with Crippen LogP contribution in [0.5, 0.6) is 0 Å². The highest BCUT2D eigenvalue weighted by Gasteiger charge is 2.20. The van der Waals surface area contributed by atoms with Crippen molar-refractivity contribution in [2.75, 3.05) is 0 Å².